The molecule has 1 aromatic carbocycles. The molecule has 0 bridgehead atoms. The van der Waals surface area contributed by atoms with Crippen LogP contribution in [0.4, 0.5) is 4.39 Å². The van der Waals surface area contributed by atoms with Gasteiger partial charge in [-0.25, -0.2) is 4.39 Å². The smallest absolute Gasteiger partial charge is 0.126 e. The number of halogens is 1. The molecule has 0 aromatic heterocycles. The van der Waals surface area contributed by atoms with E-state index in [1.54, 1.807) is 6.07 Å². The largest absolute Gasteiger partial charge is 0.327 e. The summed E-state index contributed by atoms with van der Waals surface area (Å²) >= 11 is 0. The lowest BCUT2D eigenvalue weighted by atomic mass is 9.93. The van der Waals surface area contributed by atoms with Gasteiger partial charge in [-0.3, -0.25) is 0 Å². The molecule has 1 unspecified atom stereocenters. The van der Waals surface area contributed by atoms with Crippen molar-refractivity contribution in [3.63, 3.8) is 0 Å². The lowest BCUT2D eigenvalue weighted by molar-refractivity contribution is 0.408. The van der Waals surface area contributed by atoms with Crippen LogP contribution in [0.3, 0.4) is 0 Å². The molecule has 1 fully saturated rings. The van der Waals surface area contributed by atoms with Gasteiger partial charge in [0.25, 0.3) is 0 Å². The Morgan fingerprint density at radius 2 is 1.94 bits per heavy atom. The van der Waals surface area contributed by atoms with Gasteiger partial charge in [-0.1, -0.05) is 31.0 Å². The molecule has 1 nitrogen and oxygen atoms in total. The molecule has 2 heteroatoms. The Hall–Kier alpha value is -0.890. The van der Waals surface area contributed by atoms with Gasteiger partial charge in [-0.2, -0.15) is 0 Å². The van der Waals surface area contributed by atoms with Crippen molar-refractivity contribution >= 4 is 0 Å². The van der Waals surface area contributed by atoms with Gasteiger partial charge in [0.05, 0.1) is 0 Å². The van der Waals surface area contributed by atoms with E-state index in [9.17, 15) is 4.39 Å². The van der Waals surface area contributed by atoms with Crippen LogP contribution in [0.1, 0.15) is 37.7 Å². The summed E-state index contributed by atoms with van der Waals surface area (Å²) in [6.45, 7) is 0. The minimum atomic E-state index is -0.0962. The van der Waals surface area contributed by atoms with Crippen molar-refractivity contribution in [2.75, 3.05) is 0 Å². The first-order valence-electron chi connectivity index (χ1n) is 6.26. The molecule has 16 heavy (non-hydrogen) atoms. The lowest BCUT2D eigenvalue weighted by Gasteiger charge is -2.18. The summed E-state index contributed by atoms with van der Waals surface area (Å²) in [7, 11) is 0. The fourth-order valence-corrected chi connectivity index (χ4v) is 2.64. The second-order valence-corrected chi connectivity index (χ2v) is 4.84. The monoisotopic (exact) mass is 221 g/mol. The van der Waals surface area contributed by atoms with Gasteiger partial charge in [-0.05, 0) is 43.2 Å². The molecule has 1 atom stereocenters. The zero-order chi connectivity index (χ0) is 11.4. The van der Waals surface area contributed by atoms with Gasteiger partial charge in [0.1, 0.15) is 5.82 Å². The summed E-state index contributed by atoms with van der Waals surface area (Å²) < 4.78 is 13.4. The molecule has 1 aliphatic rings. The number of benzene rings is 1. The van der Waals surface area contributed by atoms with Crippen LogP contribution >= 0.6 is 0 Å². The summed E-state index contributed by atoms with van der Waals surface area (Å²) in [6.07, 6.45) is 6.84. The van der Waals surface area contributed by atoms with Gasteiger partial charge >= 0.3 is 0 Å². The second kappa shape index (κ2) is 5.44. The third-order valence-corrected chi connectivity index (χ3v) is 3.71. The SMILES string of the molecule is NC(CCc1ccccc1F)C1CCCC1. The van der Waals surface area contributed by atoms with Crippen LogP contribution < -0.4 is 5.73 Å². The van der Waals surface area contributed by atoms with E-state index in [1.807, 2.05) is 12.1 Å². The average molecular weight is 221 g/mol. The van der Waals surface area contributed by atoms with Crippen LogP contribution in [-0.4, -0.2) is 6.04 Å². The molecule has 88 valence electrons. The van der Waals surface area contributed by atoms with E-state index in [0.717, 1.165) is 18.4 Å². The zero-order valence-corrected chi connectivity index (χ0v) is 9.66. The first-order chi connectivity index (χ1) is 7.77. The molecule has 0 amide bonds. The maximum absolute atomic E-state index is 13.4. The molecule has 0 heterocycles. The average Bonchev–Trinajstić information content (AvgIpc) is 2.81. The molecule has 0 spiro atoms. The molecule has 1 aliphatic carbocycles. The summed E-state index contributed by atoms with van der Waals surface area (Å²) in [5.74, 6) is 0.577. The van der Waals surface area contributed by atoms with Crippen LogP contribution in [0, 0.1) is 11.7 Å². The van der Waals surface area contributed by atoms with E-state index in [-0.39, 0.29) is 11.9 Å². The minimum absolute atomic E-state index is 0.0962. The van der Waals surface area contributed by atoms with E-state index >= 15 is 0 Å². The lowest BCUT2D eigenvalue weighted by Crippen LogP contribution is -2.28. The summed E-state index contributed by atoms with van der Waals surface area (Å²) in [4.78, 5) is 0. The predicted octanol–water partition coefficient (Wildman–Crippen LogP) is 3.28. The van der Waals surface area contributed by atoms with E-state index in [0.29, 0.717) is 5.92 Å². The quantitative estimate of drug-likeness (QED) is 0.829. The number of rotatable bonds is 4. The molecule has 1 aromatic rings. The van der Waals surface area contributed by atoms with Crippen molar-refractivity contribution in [1.29, 1.82) is 0 Å². The highest BCUT2D eigenvalue weighted by Gasteiger charge is 2.21. The van der Waals surface area contributed by atoms with Crippen LogP contribution in [0.15, 0.2) is 24.3 Å². The summed E-state index contributed by atoms with van der Waals surface area (Å²) in [6, 6.07) is 7.25. The zero-order valence-electron chi connectivity index (χ0n) is 9.66. The van der Waals surface area contributed by atoms with Gasteiger partial charge in [0, 0.05) is 6.04 Å². The Morgan fingerprint density at radius 1 is 1.25 bits per heavy atom. The summed E-state index contributed by atoms with van der Waals surface area (Å²) in [5, 5.41) is 0. The van der Waals surface area contributed by atoms with E-state index in [4.69, 9.17) is 5.73 Å². The van der Waals surface area contributed by atoms with Gasteiger partial charge in [0.2, 0.25) is 0 Å². The fourth-order valence-electron chi connectivity index (χ4n) is 2.64. The van der Waals surface area contributed by atoms with E-state index in [1.165, 1.54) is 31.7 Å². The molecular weight excluding hydrogens is 201 g/mol. The van der Waals surface area contributed by atoms with Crippen LogP contribution in [0.5, 0.6) is 0 Å². The Kier molecular flexibility index (Phi) is 3.94. The van der Waals surface area contributed by atoms with Crippen LogP contribution in [0.25, 0.3) is 0 Å². The topological polar surface area (TPSA) is 26.0 Å². The predicted molar refractivity (Wildman–Crippen MR) is 64.7 cm³/mol. The molecule has 0 aliphatic heterocycles. The van der Waals surface area contributed by atoms with Crippen molar-refractivity contribution < 1.29 is 4.39 Å². The van der Waals surface area contributed by atoms with Gasteiger partial charge in [0.15, 0.2) is 0 Å². The number of hydrogen-bond acceptors (Lipinski definition) is 1. The van der Waals surface area contributed by atoms with Crippen molar-refractivity contribution in [3.05, 3.63) is 35.6 Å². The highest BCUT2D eigenvalue weighted by atomic mass is 19.1. The number of nitrogens with two attached hydrogens (primary N) is 1. The first-order valence-corrected chi connectivity index (χ1v) is 6.26. The summed E-state index contributed by atoms with van der Waals surface area (Å²) in [5.41, 5.74) is 6.96. The number of hydrogen-bond donors (Lipinski definition) is 1. The van der Waals surface area contributed by atoms with Crippen LogP contribution in [-0.2, 0) is 6.42 Å². The molecule has 1 saturated carbocycles. The first kappa shape index (κ1) is 11.6. The maximum atomic E-state index is 13.4. The Balaban J connectivity index is 1.84. The van der Waals surface area contributed by atoms with E-state index in [2.05, 4.69) is 0 Å². The van der Waals surface area contributed by atoms with Gasteiger partial charge in [-0.15, -0.1) is 0 Å². The second-order valence-electron chi connectivity index (χ2n) is 4.84. The fraction of sp³-hybridized carbons (Fsp3) is 0.571. The highest BCUT2D eigenvalue weighted by molar-refractivity contribution is 5.17. The normalized spacial score (nSPS) is 18.9. The minimum Gasteiger partial charge on any atom is -0.327 e. The Morgan fingerprint density at radius 3 is 2.62 bits per heavy atom. The molecule has 2 N–H and O–H groups in total. The Bertz CT molecular complexity index is 331. The van der Waals surface area contributed by atoms with Crippen molar-refractivity contribution in [2.45, 2.75) is 44.6 Å². The standard InChI is InChI=1S/C14H20FN/c15-13-8-4-3-5-11(13)9-10-14(16)12-6-1-2-7-12/h3-5,8,12,14H,1-2,6-7,9-10,16H2. The molecule has 0 saturated heterocycles. The third-order valence-electron chi connectivity index (χ3n) is 3.71. The number of aryl methyl sites for hydroxylation is 1. The van der Waals surface area contributed by atoms with Crippen molar-refractivity contribution in [1.82, 2.24) is 0 Å². The molecular formula is C14H20FN. The van der Waals surface area contributed by atoms with Crippen molar-refractivity contribution in [2.24, 2.45) is 11.7 Å². The van der Waals surface area contributed by atoms with Gasteiger partial charge < -0.3 is 5.73 Å². The van der Waals surface area contributed by atoms with E-state index < -0.39 is 0 Å². The molecule has 2 rings (SSSR count). The molecule has 0 radical (unpaired) electrons. The maximum Gasteiger partial charge on any atom is 0.126 e. The highest BCUT2D eigenvalue weighted by Crippen LogP contribution is 2.28. The third kappa shape index (κ3) is 2.82. The van der Waals surface area contributed by atoms with Crippen LogP contribution in [0.2, 0.25) is 0 Å². The van der Waals surface area contributed by atoms with Crippen molar-refractivity contribution in [3.8, 4) is 0 Å². The Labute approximate surface area is 96.9 Å².